The smallest absolute Gasteiger partial charge is 0.272 e. The van der Waals surface area contributed by atoms with E-state index >= 15 is 0 Å². The molecule has 3 heterocycles. The van der Waals surface area contributed by atoms with Gasteiger partial charge in [0.2, 0.25) is 0 Å². The molecule has 0 amide bonds. The molecule has 0 saturated carbocycles. The molecular weight excluding hydrogens is 354 g/mol. The molecule has 0 radical (unpaired) electrons. The highest BCUT2D eigenvalue weighted by molar-refractivity contribution is 5.71. The fourth-order valence-electron chi connectivity index (χ4n) is 3.58. The molecule has 4 rings (SSSR count). The summed E-state index contributed by atoms with van der Waals surface area (Å²) in [6.07, 6.45) is 1.48. The maximum atomic E-state index is 12.7. The Morgan fingerprint density at radius 1 is 1.14 bits per heavy atom. The fourth-order valence-corrected chi connectivity index (χ4v) is 3.58. The van der Waals surface area contributed by atoms with Crippen LogP contribution in [0.4, 0.5) is 0 Å². The lowest BCUT2D eigenvalue weighted by Crippen LogP contribution is -2.16. The number of fused-ring (bicyclic) bond motifs is 1. The van der Waals surface area contributed by atoms with Gasteiger partial charge >= 0.3 is 0 Å². The lowest BCUT2D eigenvalue weighted by atomic mass is 10.1. The molecule has 1 aromatic carbocycles. The largest absolute Gasteiger partial charge is 0.497 e. The van der Waals surface area contributed by atoms with Crippen LogP contribution < -0.4 is 10.3 Å². The molecular formula is C21H23N5O2. The zero-order valence-electron chi connectivity index (χ0n) is 16.5. The summed E-state index contributed by atoms with van der Waals surface area (Å²) in [5, 5.41) is 10.4. The van der Waals surface area contributed by atoms with Crippen LogP contribution in [0.2, 0.25) is 0 Å². The van der Waals surface area contributed by atoms with Gasteiger partial charge in [-0.25, -0.2) is 9.50 Å². The first-order chi connectivity index (χ1) is 13.5. The van der Waals surface area contributed by atoms with E-state index in [4.69, 9.17) is 9.72 Å². The summed E-state index contributed by atoms with van der Waals surface area (Å²) >= 11 is 0. The molecule has 0 spiro atoms. The number of H-pyrrole nitrogens is 2. The Balaban J connectivity index is 1.72. The highest BCUT2D eigenvalue weighted by atomic mass is 16.5. The van der Waals surface area contributed by atoms with Crippen molar-refractivity contribution in [2.24, 2.45) is 0 Å². The van der Waals surface area contributed by atoms with E-state index in [0.29, 0.717) is 12.1 Å². The van der Waals surface area contributed by atoms with Gasteiger partial charge in [-0.05, 0) is 51.3 Å². The molecule has 0 fully saturated rings. The molecule has 0 aliphatic rings. The molecule has 0 bridgehead atoms. The van der Waals surface area contributed by atoms with Gasteiger partial charge in [0.05, 0.1) is 18.5 Å². The van der Waals surface area contributed by atoms with Crippen molar-refractivity contribution in [3.63, 3.8) is 0 Å². The van der Waals surface area contributed by atoms with Gasteiger partial charge in [0.25, 0.3) is 5.56 Å². The summed E-state index contributed by atoms with van der Waals surface area (Å²) in [6, 6.07) is 9.34. The summed E-state index contributed by atoms with van der Waals surface area (Å²) in [6.45, 7) is 5.97. The highest BCUT2D eigenvalue weighted by Crippen LogP contribution is 2.27. The topological polar surface area (TPSA) is 88.1 Å². The molecule has 3 aromatic heterocycles. The Kier molecular flexibility index (Phi) is 4.50. The van der Waals surface area contributed by atoms with E-state index in [-0.39, 0.29) is 5.56 Å². The number of ether oxygens (including phenoxy) is 1. The zero-order valence-corrected chi connectivity index (χ0v) is 16.5. The first kappa shape index (κ1) is 18.0. The predicted molar refractivity (Wildman–Crippen MR) is 108 cm³/mol. The Labute approximate surface area is 162 Å². The van der Waals surface area contributed by atoms with Crippen LogP contribution in [0.15, 0.2) is 35.1 Å². The summed E-state index contributed by atoms with van der Waals surface area (Å²) in [4.78, 5) is 17.4. The van der Waals surface area contributed by atoms with Gasteiger partial charge in [0, 0.05) is 28.6 Å². The van der Waals surface area contributed by atoms with Crippen molar-refractivity contribution in [1.29, 1.82) is 0 Å². The van der Waals surface area contributed by atoms with Crippen LogP contribution in [0.25, 0.3) is 16.9 Å². The molecule has 7 nitrogen and oxygen atoms in total. The normalized spacial score (nSPS) is 11.3. The number of aromatic amines is 2. The van der Waals surface area contributed by atoms with Crippen molar-refractivity contribution in [2.75, 3.05) is 7.11 Å². The maximum Gasteiger partial charge on any atom is 0.272 e. The van der Waals surface area contributed by atoms with Crippen LogP contribution in [0, 0.1) is 20.8 Å². The minimum atomic E-state index is -0.113. The second-order valence-electron chi connectivity index (χ2n) is 7.00. The van der Waals surface area contributed by atoms with Crippen LogP contribution in [0.3, 0.4) is 0 Å². The van der Waals surface area contributed by atoms with Gasteiger partial charge in [-0.15, -0.1) is 0 Å². The molecule has 2 N–H and O–H groups in total. The van der Waals surface area contributed by atoms with Crippen molar-refractivity contribution >= 4 is 5.65 Å². The third kappa shape index (κ3) is 3.09. The Morgan fingerprint density at radius 2 is 1.96 bits per heavy atom. The summed E-state index contributed by atoms with van der Waals surface area (Å²) in [5.74, 6) is 0.766. The highest BCUT2D eigenvalue weighted by Gasteiger charge is 2.15. The summed E-state index contributed by atoms with van der Waals surface area (Å²) in [5.41, 5.74) is 7.31. The Morgan fingerprint density at radius 3 is 2.68 bits per heavy atom. The molecule has 28 heavy (non-hydrogen) atoms. The van der Waals surface area contributed by atoms with Crippen LogP contribution in [0.5, 0.6) is 5.75 Å². The number of aryl methyl sites for hydroxylation is 4. The van der Waals surface area contributed by atoms with E-state index in [2.05, 4.69) is 15.3 Å². The number of nitrogens with zero attached hydrogens (tertiary/aromatic N) is 3. The van der Waals surface area contributed by atoms with Gasteiger partial charge in [-0.2, -0.15) is 5.10 Å². The van der Waals surface area contributed by atoms with Crippen molar-refractivity contribution in [1.82, 2.24) is 24.8 Å². The van der Waals surface area contributed by atoms with E-state index in [0.717, 1.165) is 46.1 Å². The van der Waals surface area contributed by atoms with Crippen molar-refractivity contribution < 1.29 is 4.74 Å². The number of methoxy groups -OCH3 is 1. The minimum absolute atomic E-state index is 0.113. The third-order valence-electron chi connectivity index (χ3n) is 5.18. The molecule has 0 atom stereocenters. The number of aromatic nitrogens is 5. The average molecular weight is 377 g/mol. The van der Waals surface area contributed by atoms with E-state index < -0.39 is 0 Å². The zero-order chi connectivity index (χ0) is 19.8. The van der Waals surface area contributed by atoms with E-state index in [1.807, 2.05) is 45.0 Å². The summed E-state index contributed by atoms with van der Waals surface area (Å²) in [7, 11) is 1.64. The number of nitrogens with one attached hydrogen (secondary N) is 2. The quantitative estimate of drug-likeness (QED) is 0.559. The Bertz CT molecular complexity index is 1200. The number of hydrogen-bond acceptors (Lipinski definition) is 4. The van der Waals surface area contributed by atoms with E-state index in [1.165, 1.54) is 10.1 Å². The van der Waals surface area contributed by atoms with Gasteiger partial charge < -0.3 is 4.74 Å². The maximum absolute atomic E-state index is 12.7. The first-order valence-corrected chi connectivity index (χ1v) is 9.24. The monoisotopic (exact) mass is 377 g/mol. The standard InChI is InChI=1S/C21H23N5O2/c1-12-20(15-6-5-7-17(10-15)28-4)25-26-19(27)11-16(22-21(12)26)8-9-18-13(2)23-24-14(18)3/h5-7,10-11,25H,8-9H2,1-4H3,(H,23,24). The molecule has 0 saturated heterocycles. The number of hydrogen-bond donors (Lipinski definition) is 2. The average Bonchev–Trinajstić information content (AvgIpc) is 3.20. The van der Waals surface area contributed by atoms with Crippen LogP contribution in [-0.4, -0.2) is 31.9 Å². The van der Waals surface area contributed by atoms with Gasteiger partial charge in [-0.1, -0.05) is 12.1 Å². The lowest BCUT2D eigenvalue weighted by Gasteiger charge is -2.03. The number of benzene rings is 1. The summed E-state index contributed by atoms with van der Waals surface area (Å²) < 4.78 is 6.82. The van der Waals surface area contributed by atoms with Crippen LogP contribution >= 0.6 is 0 Å². The van der Waals surface area contributed by atoms with Gasteiger partial charge in [0.1, 0.15) is 5.75 Å². The molecule has 0 aliphatic heterocycles. The van der Waals surface area contributed by atoms with E-state index in [9.17, 15) is 4.79 Å². The molecule has 0 unspecified atom stereocenters. The SMILES string of the molecule is COc1cccc(-c2[nH]n3c(=O)cc(CCc4c(C)n[nH]c4C)nc3c2C)c1. The second-order valence-corrected chi connectivity index (χ2v) is 7.00. The molecule has 144 valence electrons. The van der Waals surface area contributed by atoms with Crippen molar-refractivity contribution in [3.8, 4) is 17.0 Å². The van der Waals surface area contributed by atoms with Crippen molar-refractivity contribution in [3.05, 3.63) is 68.9 Å². The third-order valence-corrected chi connectivity index (χ3v) is 5.18. The minimum Gasteiger partial charge on any atom is -0.497 e. The lowest BCUT2D eigenvalue weighted by molar-refractivity contribution is 0.415. The second kappa shape index (κ2) is 6.99. The Hall–Kier alpha value is -3.35. The number of rotatable bonds is 5. The molecule has 7 heteroatoms. The van der Waals surface area contributed by atoms with Crippen LogP contribution in [0.1, 0.15) is 28.2 Å². The predicted octanol–water partition coefficient (Wildman–Crippen LogP) is 3.13. The fraction of sp³-hybridized carbons (Fsp3) is 0.286. The van der Waals surface area contributed by atoms with Crippen molar-refractivity contribution in [2.45, 2.75) is 33.6 Å². The van der Waals surface area contributed by atoms with E-state index in [1.54, 1.807) is 13.2 Å². The van der Waals surface area contributed by atoms with Gasteiger partial charge in [-0.3, -0.25) is 15.0 Å². The molecule has 0 aliphatic carbocycles. The first-order valence-electron chi connectivity index (χ1n) is 9.24. The van der Waals surface area contributed by atoms with Gasteiger partial charge in [0.15, 0.2) is 5.65 Å². The van der Waals surface area contributed by atoms with Crippen LogP contribution in [-0.2, 0) is 12.8 Å². The molecule has 4 aromatic rings.